The van der Waals surface area contributed by atoms with Crippen molar-refractivity contribution in [3.63, 3.8) is 0 Å². The van der Waals surface area contributed by atoms with Gasteiger partial charge in [-0.25, -0.2) is 0 Å². The maximum atomic E-state index is 11.8. The molecule has 7 heteroatoms. The molecule has 1 amide bonds. The topological polar surface area (TPSA) is 78.7 Å². The largest absolute Gasteiger partial charge is 0.378 e. The molecule has 1 rings (SSSR count). The van der Waals surface area contributed by atoms with Crippen molar-refractivity contribution in [2.45, 2.75) is 0 Å². The SMILES string of the molecule is CN(C)CCNc1ccc(C(=O)N(C)C)cc1[N+](=O)[O-]. The summed E-state index contributed by atoms with van der Waals surface area (Å²) in [6.07, 6.45) is 0. The summed E-state index contributed by atoms with van der Waals surface area (Å²) in [6.45, 7) is 1.35. The number of nitro groups is 1. The number of nitrogens with one attached hydrogen (secondary N) is 1. The first-order chi connectivity index (χ1) is 9.32. The molecule has 0 radical (unpaired) electrons. The molecule has 0 heterocycles. The normalized spacial score (nSPS) is 10.4. The molecule has 1 aromatic carbocycles. The number of hydrogen-bond donors (Lipinski definition) is 1. The number of anilines is 1. The van der Waals surface area contributed by atoms with Gasteiger partial charge in [0.25, 0.3) is 11.6 Å². The second-order valence-electron chi connectivity index (χ2n) is 4.92. The van der Waals surface area contributed by atoms with Gasteiger partial charge in [0, 0.05) is 38.8 Å². The van der Waals surface area contributed by atoms with Gasteiger partial charge in [-0.1, -0.05) is 0 Å². The molecule has 0 saturated carbocycles. The van der Waals surface area contributed by atoms with Crippen LogP contribution in [0.5, 0.6) is 0 Å². The third-order valence-corrected chi connectivity index (χ3v) is 2.72. The van der Waals surface area contributed by atoms with Crippen LogP contribution in [0.2, 0.25) is 0 Å². The standard InChI is InChI=1S/C13H20N4O3/c1-15(2)8-7-14-11-6-5-10(13(18)16(3)4)9-12(11)17(19)20/h5-6,9,14H,7-8H2,1-4H3. The van der Waals surface area contributed by atoms with Crippen molar-refractivity contribution in [3.05, 3.63) is 33.9 Å². The molecule has 0 spiro atoms. The molecule has 0 atom stereocenters. The maximum absolute atomic E-state index is 11.8. The maximum Gasteiger partial charge on any atom is 0.293 e. The Balaban J connectivity index is 2.96. The fourth-order valence-electron chi connectivity index (χ4n) is 1.64. The molecule has 0 aliphatic carbocycles. The van der Waals surface area contributed by atoms with Crippen molar-refractivity contribution >= 4 is 17.3 Å². The Bertz CT molecular complexity index is 500. The average Bonchev–Trinajstić information content (AvgIpc) is 2.37. The number of amides is 1. The van der Waals surface area contributed by atoms with Crippen LogP contribution in [-0.4, -0.2) is 61.9 Å². The van der Waals surface area contributed by atoms with Gasteiger partial charge < -0.3 is 15.1 Å². The average molecular weight is 280 g/mol. The summed E-state index contributed by atoms with van der Waals surface area (Å²) in [5.41, 5.74) is 0.642. The van der Waals surface area contributed by atoms with Gasteiger partial charge in [-0.2, -0.15) is 0 Å². The molecule has 0 saturated heterocycles. The van der Waals surface area contributed by atoms with E-state index < -0.39 is 4.92 Å². The number of rotatable bonds is 6. The van der Waals surface area contributed by atoms with E-state index >= 15 is 0 Å². The van der Waals surface area contributed by atoms with Crippen LogP contribution in [0.25, 0.3) is 0 Å². The van der Waals surface area contributed by atoms with E-state index in [1.165, 1.54) is 11.0 Å². The van der Waals surface area contributed by atoms with Gasteiger partial charge in [-0.05, 0) is 26.2 Å². The minimum Gasteiger partial charge on any atom is -0.378 e. The highest BCUT2D eigenvalue weighted by Crippen LogP contribution is 2.25. The molecule has 1 aromatic rings. The van der Waals surface area contributed by atoms with E-state index in [0.717, 1.165) is 6.54 Å². The van der Waals surface area contributed by atoms with Crippen LogP contribution in [0.15, 0.2) is 18.2 Å². The molecule has 0 aromatic heterocycles. The van der Waals surface area contributed by atoms with Crippen molar-refractivity contribution in [2.75, 3.05) is 46.6 Å². The Hall–Kier alpha value is -2.15. The predicted molar refractivity (Wildman–Crippen MR) is 78.2 cm³/mol. The van der Waals surface area contributed by atoms with Crippen molar-refractivity contribution in [1.29, 1.82) is 0 Å². The van der Waals surface area contributed by atoms with Crippen molar-refractivity contribution in [1.82, 2.24) is 9.80 Å². The molecular formula is C13H20N4O3. The van der Waals surface area contributed by atoms with Crippen molar-refractivity contribution in [3.8, 4) is 0 Å². The first-order valence-electron chi connectivity index (χ1n) is 6.21. The lowest BCUT2D eigenvalue weighted by Crippen LogP contribution is -2.22. The zero-order valence-electron chi connectivity index (χ0n) is 12.2. The highest BCUT2D eigenvalue weighted by atomic mass is 16.6. The smallest absolute Gasteiger partial charge is 0.293 e. The minimum absolute atomic E-state index is 0.0866. The zero-order chi connectivity index (χ0) is 15.3. The summed E-state index contributed by atoms with van der Waals surface area (Å²) in [5, 5.41) is 14.1. The highest BCUT2D eigenvalue weighted by molar-refractivity contribution is 5.95. The van der Waals surface area contributed by atoms with Gasteiger partial charge in [0.2, 0.25) is 0 Å². The minimum atomic E-state index is -0.482. The molecule has 0 aliphatic rings. The van der Waals surface area contributed by atoms with Crippen LogP contribution in [-0.2, 0) is 0 Å². The molecule has 0 aliphatic heterocycles. The van der Waals surface area contributed by atoms with Crippen LogP contribution in [0.4, 0.5) is 11.4 Å². The van der Waals surface area contributed by atoms with Crippen molar-refractivity contribution < 1.29 is 9.72 Å². The van der Waals surface area contributed by atoms with Gasteiger partial charge >= 0.3 is 0 Å². The van der Waals surface area contributed by atoms with Crippen LogP contribution in [0, 0.1) is 10.1 Å². The van der Waals surface area contributed by atoms with E-state index in [4.69, 9.17) is 0 Å². The van der Waals surface area contributed by atoms with Gasteiger partial charge in [0.15, 0.2) is 0 Å². The van der Waals surface area contributed by atoms with E-state index in [-0.39, 0.29) is 11.6 Å². The lowest BCUT2D eigenvalue weighted by atomic mass is 10.1. The molecule has 1 N–H and O–H groups in total. The monoisotopic (exact) mass is 280 g/mol. The third-order valence-electron chi connectivity index (χ3n) is 2.72. The number of benzene rings is 1. The van der Waals surface area contributed by atoms with Crippen LogP contribution < -0.4 is 5.32 Å². The number of carbonyl (C=O) groups excluding carboxylic acids is 1. The number of nitrogens with zero attached hydrogens (tertiary/aromatic N) is 3. The van der Waals surface area contributed by atoms with Gasteiger partial charge in [-0.15, -0.1) is 0 Å². The van der Waals surface area contributed by atoms with Crippen LogP contribution in [0.1, 0.15) is 10.4 Å². The van der Waals surface area contributed by atoms with E-state index in [2.05, 4.69) is 5.32 Å². The number of nitro benzene ring substituents is 1. The second kappa shape index (κ2) is 6.85. The summed E-state index contributed by atoms with van der Waals surface area (Å²) in [4.78, 5) is 25.8. The van der Waals surface area contributed by atoms with E-state index in [0.29, 0.717) is 17.8 Å². The van der Waals surface area contributed by atoms with Crippen molar-refractivity contribution in [2.24, 2.45) is 0 Å². The van der Waals surface area contributed by atoms with E-state index in [9.17, 15) is 14.9 Å². The Morgan fingerprint density at radius 2 is 1.95 bits per heavy atom. The molecule has 110 valence electrons. The summed E-state index contributed by atoms with van der Waals surface area (Å²) < 4.78 is 0. The van der Waals surface area contributed by atoms with E-state index in [1.807, 2.05) is 19.0 Å². The quantitative estimate of drug-likeness (QED) is 0.627. The zero-order valence-corrected chi connectivity index (χ0v) is 12.2. The van der Waals surface area contributed by atoms with Crippen LogP contribution >= 0.6 is 0 Å². The Labute approximate surface area is 118 Å². The fraction of sp³-hybridized carbons (Fsp3) is 0.462. The van der Waals surface area contributed by atoms with Crippen LogP contribution in [0.3, 0.4) is 0 Å². The predicted octanol–water partition coefficient (Wildman–Crippen LogP) is 1.27. The Morgan fingerprint density at radius 1 is 1.30 bits per heavy atom. The van der Waals surface area contributed by atoms with Gasteiger partial charge in [0.1, 0.15) is 5.69 Å². The van der Waals surface area contributed by atoms with Gasteiger partial charge in [0.05, 0.1) is 4.92 Å². The first kappa shape index (κ1) is 15.9. The molecule has 20 heavy (non-hydrogen) atoms. The number of hydrogen-bond acceptors (Lipinski definition) is 5. The fourth-order valence-corrected chi connectivity index (χ4v) is 1.64. The second-order valence-corrected chi connectivity index (χ2v) is 4.92. The third kappa shape index (κ3) is 4.20. The number of likely N-dealkylation sites (N-methyl/N-ethyl adjacent to an activating group) is 1. The lowest BCUT2D eigenvalue weighted by molar-refractivity contribution is -0.384. The molecular weight excluding hydrogens is 260 g/mol. The Kier molecular flexibility index (Phi) is 5.45. The van der Waals surface area contributed by atoms with E-state index in [1.54, 1.807) is 26.2 Å². The molecule has 0 unspecified atom stereocenters. The Morgan fingerprint density at radius 3 is 2.45 bits per heavy atom. The summed E-state index contributed by atoms with van der Waals surface area (Å²) in [7, 11) is 7.07. The highest BCUT2D eigenvalue weighted by Gasteiger charge is 2.18. The summed E-state index contributed by atoms with van der Waals surface area (Å²) in [6, 6.07) is 4.47. The van der Waals surface area contributed by atoms with Gasteiger partial charge in [-0.3, -0.25) is 14.9 Å². The number of carbonyl (C=O) groups is 1. The summed E-state index contributed by atoms with van der Waals surface area (Å²) in [5.74, 6) is -0.257. The molecule has 0 bridgehead atoms. The molecule has 0 fully saturated rings. The summed E-state index contributed by atoms with van der Waals surface area (Å²) >= 11 is 0. The molecule has 7 nitrogen and oxygen atoms in total. The lowest BCUT2D eigenvalue weighted by Gasteiger charge is -2.13. The first-order valence-corrected chi connectivity index (χ1v) is 6.21.